The van der Waals surface area contributed by atoms with Crippen molar-refractivity contribution in [2.75, 3.05) is 30.0 Å². The smallest absolute Gasteiger partial charge is 0.149 e. The second-order valence-electron chi connectivity index (χ2n) is 4.43. The van der Waals surface area contributed by atoms with E-state index in [0.717, 1.165) is 11.3 Å². The lowest BCUT2D eigenvalue weighted by molar-refractivity contribution is 0.318. The minimum absolute atomic E-state index is 0.132. The molecule has 2 rings (SSSR count). The van der Waals surface area contributed by atoms with Gasteiger partial charge in [0.2, 0.25) is 0 Å². The number of hydrogen-bond donors (Lipinski definition) is 1. The Hall–Kier alpha value is -1.56. The molecule has 5 nitrogen and oxygen atoms in total. The molecule has 0 radical (unpaired) electrons. The average molecular weight is 268 g/mol. The van der Waals surface area contributed by atoms with Gasteiger partial charge >= 0.3 is 0 Å². The summed E-state index contributed by atoms with van der Waals surface area (Å²) in [6.07, 6.45) is 1.86. The van der Waals surface area contributed by atoms with Gasteiger partial charge in [-0.05, 0) is 6.07 Å². The Morgan fingerprint density at radius 2 is 2.11 bits per heavy atom. The normalized spacial score (nSPS) is 17.8. The second-order valence-corrected chi connectivity index (χ2v) is 6.69. The van der Waals surface area contributed by atoms with E-state index < -0.39 is 9.84 Å². The Morgan fingerprint density at radius 1 is 1.39 bits per heavy atom. The van der Waals surface area contributed by atoms with Crippen LogP contribution in [0.3, 0.4) is 0 Å². The predicted octanol–water partition coefficient (Wildman–Crippen LogP) is 1.12. The lowest BCUT2D eigenvalue weighted by Crippen LogP contribution is -2.35. The van der Waals surface area contributed by atoms with Gasteiger partial charge in [0.05, 0.1) is 11.5 Å². The summed E-state index contributed by atoms with van der Waals surface area (Å²) in [5.41, 5.74) is 2.46. The van der Waals surface area contributed by atoms with Crippen LogP contribution in [0.15, 0.2) is 29.4 Å². The molecule has 1 aliphatic heterocycles. The molecular weight excluding hydrogens is 252 g/mol. The van der Waals surface area contributed by atoms with Gasteiger partial charge in [-0.25, -0.2) is 8.42 Å². The van der Waals surface area contributed by atoms with Crippen LogP contribution < -0.4 is 4.90 Å². The van der Waals surface area contributed by atoms with Crippen LogP contribution in [0.1, 0.15) is 12.0 Å². The third kappa shape index (κ3) is 2.81. The quantitative estimate of drug-likeness (QED) is 0.659. The van der Waals surface area contributed by atoms with E-state index in [9.17, 15) is 8.42 Å². The van der Waals surface area contributed by atoms with Crippen molar-refractivity contribution >= 4 is 21.2 Å². The monoisotopic (exact) mass is 268 g/mol. The third-order valence-corrected chi connectivity index (χ3v) is 3.95. The number of hydrogen-bond acceptors (Lipinski definition) is 5. The summed E-state index contributed by atoms with van der Waals surface area (Å²) in [5.74, 6) is 0.132. The Morgan fingerprint density at radius 3 is 2.78 bits per heavy atom. The summed E-state index contributed by atoms with van der Waals surface area (Å²) in [4.78, 5) is 2.02. The van der Waals surface area contributed by atoms with Crippen molar-refractivity contribution in [2.45, 2.75) is 6.42 Å². The van der Waals surface area contributed by atoms with E-state index in [1.54, 1.807) is 0 Å². The lowest BCUT2D eigenvalue weighted by Gasteiger charge is -2.31. The van der Waals surface area contributed by atoms with Gasteiger partial charge in [-0.15, -0.1) is 0 Å². The molecule has 1 aromatic rings. The van der Waals surface area contributed by atoms with Crippen LogP contribution in [-0.2, 0) is 9.84 Å². The minimum atomic E-state index is -2.97. The number of sulfone groups is 1. The summed E-state index contributed by atoms with van der Waals surface area (Å²) >= 11 is 0. The fourth-order valence-electron chi connectivity index (χ4n) is 2.10. The number of anilines is 1. The summed E-state index contributed by atoms with van der Waals surface area (Å²) in [7, 11) is -2.97. The number of para-hydroxylation sites is 1. The molecule has 0 aliphatic carbocycles. The first-order valence-electron chi connectivity index (χ1n) is 5.74. The van der Waals surface area contributed by atoms with E-state index >= 15 is 0 Å². The maximum Gasteiger partial charge on any atom is 0.149 e. The minimum Gasteiger partial charge on any atom is -0.411 e. The van der Waals surface area contributed by atoms with Crippen LogP contribution in [0.4, 0.5) is 5.69 Å². The van der Waals surface area contributed by atoms with Crippen LogP contribution in [-0.4, -0.2) is 44.4 Å². The van der Waals surface area contributed by atoms with Gasteiger partial charge in [-0.1, -0.05) is 23.4 Å². The molecule has 0 spiro atoms. The van der Waals surface area contributed by atoms with Crippen molar-refractivity contribution in [1.82, 2.24) is 0 Å². The van der Waals surface area contributed by atoms with Gasteiger partial charge in [0.15, 0.2) is 0 Å². The molecule has 1 aromatic carbocycles. The van der Waals surface area contributed by atoms with Crippen LogP contribution >= 0.6 is 0 Å². The van der Waals surface area contributed by atoms with Crippen molar-refractivity contribution < 1.29 is 13.6 Å². The summed E-state index contributed by atoms with van der Waals surface area (Å²) < 4.78 is 22.4. The molecule has 1 N–H and O–H groups in total. The summed E-state index contributed by atoms with van der Waals surface area (Å²) in [5, 5.41) is 12.3. The zero-order valence-corrected chi connectivity index (χ0v) is 11.0. The van der Waals surface area contributed by atoms with Crippen LogP contribution in [0.5, 0.6) is 0 Å². The van der Waals surface area contributed by atoms with Crippen molar-refractivity contribution in [1.29, 1.82) is 0 Å². The average Bonchev–Trinajstić information content (AvgIpc) is 2.35. The Balaban J connectivity index is 2.26. The van der Waals surface area contributed by atoms with Gasteiger partial charge in [-0.3, -0.25) is 0 Å². The SMILES string of the molecule is CS(=O)(=O)CCN1CCC(=NO)c2ccccc21. The third-order valence-electron chi connectivity index (χ3n) is 3.03. The van der Waals surface area contributed by atoms with E-state index in [1.165, 1.54) is 6.26 Å². The van der Waals surface area contributed by atoms with E-state index in [0.29, 0.717) is 25.2 Å². The van der Waals surface area contributed by atoms with Crippen LogP contribution in [0.25, 0.3) is 0 Å². The van der Waals surface area contributed by atoms with E-state index in [1.807, 2.05) is 29.2 Å². The Kier molecular flexibility index (Phi) is 3.56. The topological polar surface area (TPSA) is 70.0 Å². The van der Waals surface area contributed by atoms with Gasteiger partial charge < -0.3 is 10.1 Å². The summed E-state index contributed by atoms with van der Waals surface area (Å²) in [6, 6.07) is 7.58. The Labute approximate surface area is 107 Å². The standard InChI is InChI=1S/C12H16N2O3S/c1-18(16,17)9-8-14-7-6-11(13-15)10-4-2-3-5-12(10)14/h2-5,15H,6-9H2,1H3. The highest BCUT2D eigenvalue weighted by molar-refractivity contribution is 7.90. The predicted molar refractivity (Wildman–Crippen MR) is 71.3 cm³/mol. The van der Waals surface area contributed by atoms with E-state index in [4.69, 9.17) is 5.21 Å². The highest BCUT2D eigenvalue weighted by Crippen LogP contribution is 2.26. The molecule has 0 bridgehead atoms. The maximum absolute atomic E-state index is 11.2. The van der Waals surface area contributed by atoms with E-state index in [2.05, 4.69) is 5.16 Å². The fourth-order valence-corrected chi connectivity index (χ4v) is 2.65. The molecule has 98 valence electrons. The molecular formula is C12H16N2O3S. The number of rotatable bonds is 3. The highest BCUT2D eigenvalue weighted by Gasteiger charge is 2.22. The van der Waals surface area contributed by atoms with Crippen molar-refractivity contribution in [3.8, 4) is 0 Å². The molecule has 0 saturated heterocycles. The molecule has 18 heavy (non-hydrogen) atoms. The molecule has 0 amide bonds. The molecule has 0 saturated carbocycles. The maximum atomic E-state index is 11.2. The van der Waals surface area contributed by atoms with Gasteiger partial charge in [0.1, 0.15) is 9.84 Å². The zero-order valence-electron chi connectivity index (χ0n) is 10.2. The molecule has 0 atom stereocenters. The number of oxime groups is 1. The zero-order chi connectivity index (χ0) is 13.2. The molecule has 1 aliphatic rings. The van der Waals surface area contributed by atoms with E-state index in [-0.39, 0.29) is 5.75 Å². The number of nitrogens with zero attached hydrogens (tertiary/aromatic N) is 2. The van der Waals surface area contributed by atoms with Crippen LogP contribution in [0.2, 0.25) is 0 Å². The molecule has 0 fully saturated rings. The fraction of sp³-hybridized carbons (Fsp3) is 0.417. The summed E-state index contributed by atoms with van der Waals surface area (Å²) in [6.45, 7) is 1.14. The first-order valence-corrected chi connectivity index (χ1v) is 7.80. The molecule has 0 unspecified atom stereocenters. The first kappa shape index (κ1) is 12.9. The second kappa shape index (κ2) is 4.97. The first-order chi connectivity index (χ1) is 8.51. The van der Waals surface area contributed by atoms with Gasteiger partial charge in [0.25, 0.3) is 0 Å². The largest absolute Gasteiger partial charge is 0.411 e. The molecule has 6 heteroatoms. The Bertz CT molecular complexity index is 566. The van der Waals surface area contributed by atoms with Crippen molar-refractivity contribution in [3.05, 3.63) is 29.8 Å². The van der Waals surface area contributed by atoms with Crippen molar-refractivity contribution in [2.24, 2.45) is 5.16 Å². The molecule has 0 aromatic heterocycles. The van der Waals surface area contributed by atoms with Gasteiger partial charge in [0, 0.05) is 37.0 Å². The number of fused-ring (bicyclic) bond motifs is 1. The van der Waals surface area contributed by atoms with Crippen LogP contribution in [0, 0.1) is 0 Å². The number of benzene rings is 1. The van der Waals surface area contributed by atoms with Gasteiger partial charge in [-0.2, -0.15) is 0 Å². The van der Waals surface area contributed by atoms with Crippen molar-refractivity contribution in [3.63, 3.8) is 0 Å². The lowest BCUT2D eigenvalue weighted by atomic mass is 10.00. The highest BCUT2D eigenvalue weighted by atomic mass is 32.2. The molecule has 1 heterocycles.